The van der Waals surface area contributed by atoms with E-state index < -0.39 is 0 Å². The van der Waals surface area contributed by atoms with Crippen molar-refractivity contribution in [3.05, 3.63) is 114 Å². The lowest BCUT2D eigenvalue weighted by Gasteiger charge is -2.19. The van der Waals surface area contributed by atoms with Crippen molar-refractivity contribution in [1.82, 2.24) is 20.1 Å². The molecule has 1 amide bonds. The highest BCUT2D eigenvalue weighted by Gasteiger charge is 2.19. The molecule has 0 spiro atoms. The van der Waals surface area contributed by atoms with E-state index in [1.807, 2.05) is 77.4 Å². The predicted octanol–water partition coefficient (Wildman–Crippen LogP) is 6.51. The molecule has 0 bridgehead atoms. The molecule has 1 atom stereocenters. The fourth-order valence-corrected chi connectivity index (χ4v) is 5.23. The van der Waals surface area contributed by atoms with E-state index in [4.69, 9.17) is 9.15 Å². The second kappa shape index (κ2) is 13.0. The van der Waals surface area contributed by atoms with Gasteiger partial charge in [-0.05, 0) is 60.4 Å². The maximum atomic E-state index is 13.0. The van der Waals surface area contributed by atoms with Crippen molar-refractivity contribution >= 4 is 17.7 Å². The summed E-state index contributed by atoms with van der Waals surface area (Å²) in [6, 6.07) is 31.7. The Labute approximate surface area is 232 Å². The Morgan fingerprint density at radius 3 is 2.38 bits per heavy atom. The molecule has 198 valence electrons. The smallest absolute Gasteiger partial charge is 0.220 e. The van der Waals surface area contributed by atoms with Crippen molar-refractivity contribution < 1.29 is 13.9 Å². The lowest BCUT2D eigenvalue weighted by atomic mass is 9.98. The normalized spacial score (nSPS) is 11.7. The van der Waals surface area contributed by atoms with E-state index >= 15 is 0 Å². The zero-order valence-corrected chi connectivity index (χ0v) is 22.5. The highest BCUT2D eigenvalue weighted by Crippen LogP contribution is 2.29. The van der Waals surface area contributed by atoms with E-state index in [9.17, 15) is 4.79 Å². The van der Waals surface area contributed by atoms with Crippen LogP contribution in [0, 0.1) is 0 Å². The van der Waals surface area contributed by atoms with E-state index in [1.165, 1.54) is 5.56 Å². The highest BCUT2D eigenvalue weighted by molar-refractivity contribution is 7.99. The molecule has 0 saturated heterocycles. The van der Waals surface area contributed by atoms with Crippen LogP contribution in [0.25, 0.3) is 17.3 Å². The van der Waals surface area contributed by atoms with E-state index in [0.29, 0.717) is 30.2 Å². The van der Waals surface area contributed by atoms with E-state index in [1.54, 1.807) is 25.1 Å². The van der Waals surface area contributed by atoms with Crippen LogP contribution < -0.4 is 10.1 Å². The minimum absolute atomic E-state index is 0.0354. The van der Waals surface area contributed by atoms with Gasteiger partial charge in [0.25, 0.3) is 0 Å². The first kappa shape index (κ1) is 26.3. The Balaban J connectivity index is 1.22. The fraction of sp³-hybridized carbons (Fsp3) is 0.194. The number of nitrogens with one attached hydrogen (secondary N) is 1. The SMILES string of the molecule is COc1ccc(-n2c(SCCCC(=O)NC(Cc3ccccc3)c3ccccc3)nnc2-c2ccco2)cc1. The lowest BCUT2D eigenvalue weighted by molar-refractivity contribution is -0.121. The molecule has 0 aliphatic carbocycles. The number of amides is 1. The van der Waals surface area contributed by atoms with Crippen LogP contribution in [0.4, 0.5) is 0 Å². The van der Waals surface area contributed by atoms with Crippen LogP contribution in [-0.4, -0.2) is 33.5 Å². The number of hydrogen-bond donors (Lipinski definition) is 1. The third kappa shape index (κ3) is 6.78. The third-order valence-corrected chi connectivity index (χ3v) is 7.32. The van der Waals surface area contributed by atoms with Gasteiger partial charge in [-0.3, -0.25) is 9.36 Å². The van der Waals surface area contributed by atoms with Crippen molar-refractivity contribution in [2.75, 3.05) is 12.9 Å². The number of carbonyl (C=O) groups is 1. The standard InChI is InChI=1S/C31H30N4O3S/c1-37-26-18-16-25(17-19-26)35-30(28-14-8-20-38-28)33-34-31(35)39-21-9-15-29(36)32-27(24-12-6-3-7-13-24)22-23-10-4-2-5-11-23/h2-8,10-14,16-20,27H,9,15,21-22H2,1H3,(H,32,36). The van der Waals surface area contributed by atoms with Crippen LogP contribution in [0.15, 0.2) is 113 Å². The van der Waals surface area contributed by atoms with Gasteiger partial charge >= 0.3 is 0 Å². The van der Waals surface area contributed by atoms with Gasteiger partial charge in [0.05, 0.1) is 25.1 Å². The highest BCUT2D eigenvalue weighted by atomic mass is 32.2. The molecule has 8 heteroatoms. The molecule has 39 heavy (non-hydrogen) atoms. The zero-order chi connectivity index (χ0) is 26.9. The number of thioether (sulfide) groups is 1. The number of nitrogens with zero attached hydrogens (tertiary/aromatic N) is 3. The average molecular weight is 539 g/mol. The van der Waals surface area contributed by atoms with Gasteiger partial charge in [-0.2, -0.15) is 0 Å². The molecular formula is C31H30N4O3S. The quantitative estimate of drug-likeness (QED) is 0.144. The monoisotopic (exact) mass is 538 g/mol. The van der Waals surface area contributed by atoms with E-state index in [0.717, 1.165) is 28.6 Å². The summed E-state index contributed by atoms with van der Waals surface area (Å²) in [6.07, 6.45) is 3.49. The van der Waals surface area contributed by atoms with E-state index in [-0.39, 0.29) is 11.9 Å². The van der Waals surface area contributed by atoms with Crippen LogP contribution in [0.5, 0.6) is 5.75 Å². The van der Waals surface area contributed by atoms with Crippen LogP contribution in [0.2, 0.25) is 0 Å². The molecule has 0 radical (unpaired) electrons. The number of furan rings is 1. The summed E-state index contributed by atoms with van der Waals surface area (Å²) in [5.41, 5.74) is 3.19. The van der Waals surface area contributed by atoms with Gasteiger partial charge in [0.15, 0.2) is 10.9 Å². The molecule has 3 aromatic carbocycles. The first-order valence-corrected chi connectivity index (χ1v) is 13.8. The van der Waals surface area contributed by atoms with Gasteiger partial charge in [0.2, 0.25) is 11.7 Å². The number of hydrogen-bond acceptors (Lipinski definition) is 6. The molecular weight excluding hydrogens is 508 g/mol. The molecule has 7 nitrogen and oxygen atoms in total. The van der Waals surface area contributed by atoms with Gasteiger partial charge in [0.1, 0.15) is 5.75 Å². The number of benzene rings is 3. The molecule has 0 aliphatic heterocycles. The molecule has 0 aliphatic rings. The van der Waals surface area contributed by atoms with Gasteiger partial charge in [-0.15, -0.1) is 10.2 Å². The molecule has 5 rings (SSSR count). The summed E-state index contributed by atoms with van der Waals surface area (Å²) < 4.78 is 12.9. The number of ether oxygens (including phenoxy) is 1. The maximum absolute atomic E-state index is 13.0. The zero-order valence-electron chi connectivity index (χ0n) is 21.7. The van der Waals surface area contributed by atoms with Crippen molar-refractivity contribution in [3.8, 4) is 23.0 Å². The van der Waals surface area contributed by atoms with Gasteiger partial charge < -0.3 is 14.5 Å². The van der Waals surface area contributed by atoms with Crippen molar-refractivity contribution in [1.29, 1.82) is 0 Å². The molecule has 1 N–H and O–H groups in total. The Hall–Kier alpha value is -4.30. The Morgan fingerprint density at radius 2 is 1.69 bits per heavy atom. The first-order valence-electron chi connectivity index (χ1n) is 12.9. The number of rotatable bonds is 12. The summed E-state index contributed by atoms with van der Waals surface area (Å²) in [7, 11) is 1.64. The van der Waals surface area contributed by atoms with Crippen LogP contribution in [0.1, 0.15) is 30.0 Å². The molecule has 2 heterocycles. The maximum Gasteiger partial charge on any atom is 0.220 e. The number of carbonyl (C=O) groups excluding carboxylic acids is 1. The summed E-state index contributed by atoms with van der Waals surface area (Å²) in [5.74, 6) is 2.78. The van der Waals surface area contributed by atoms with E-state index in [2.05, 4.69) is 39.8 Å². The minimum Gasteiger partial charge on any atom is -0.497 e. The number of aromatic nitrogens is 3. The summed E-state index contributed by atoms with van der Waals surface area (Å²) in [6.45, 7) is 0. The van der Waals surface area contributed by atoms with Gasteiger partial charge in [-0.25, -0.2) is 0 Å². The molecule has 5 aromatic rings. The summed E-state index contributed by atoms with van der Waals surface area (Å²) >= 11 is 1.57. The van der Waals surface area contributed by atoms with Crippen molar-refractivity contribution in [3.63, 3.8) is 0 Å². The van der Waals surface area contributed by atoms with Crippen LogP contribution in [-0.2, 0) is 11.2 Å². The Bertz CT molecular complexity index is 1450. The molecule has 0 fully saturated rings. The Morgan fingerprint density at radius 1 is 0.949 bits per heavy atom. The lowest BCUT2D eigenvalue weighted by Crippen LogP contribution is -2.29. The van der Waals surface area contributed by atoms with Gasteiger partial charge in [-0.1, -0.05) is 72.4 Å². The topological polar surface area (TPSA) is 82.2 Å². The fourth-order valence-electron chi connectivity index (χ4n) is 4.34. The average Bonchev–Trinajstić information content (AvgIpc) is 3.66. The van der Waals surface area contributed by atoms with Crippen molar-refractivity contribution in [2.24, 2.45) is 0 Å². The molecule has 2 aromatic heterocycles. The largest absolute Gasteiger partial charge is 0.497 e. The first-order chi connectivity index (χ1) is 19.2. The minimum atomic E-state index is -0.0808. The van der Waals surface area contributed by atoms with Crippen LogP contribution >= 0.6 is 11.8 Å². The third-order valence-electron chi connectivity index (χ3n) is 6.30. The van der Waals surface area contributed by atoms with Gasteiger partial charge in [0, 0.05) is 12.2 Å². The van der Waals surface area contributed by atoms with Crippen molar-refractivity contribution in [2.45, 2.75) is 30.5 Å². The molecule has 1 unspecified atom stereocenters. The summed E-state index contributed by atoms with van der Waals surface area (Å²) in [5, 5.41) is 12.8. The molecule has 0 saturated carbocycles. The predicted molar refractivity (Wildman–Crippen MR) is 153 cm³/mol. The Kier molecular flexibility index (Phi) is 8.75. The second-order valence-electron chi connectivity index (χ2n) is 8.99. The second-order valence-corrected chi connectivity index (χ2v) is 10.1. The van der Waals surface area contributed by atoms with Crippen LogP contribution in [0.3, 0.4) is 0 Å². The summed E-state index contributed by atoms with van der Waals surface area (Å²) in [4.78, 5) is 13.0. The number of methoxy groups -OCH3 is 1.